The maximum Gasteiger partial charge on any atom is 0.0637 e. The van der Waals surface area contributed by atoms with Gasteiger partial charge in [-0.25, -0.2) is 0 Å². The molecule has 258 valence electrons. The minimum Gasteiger partial charge on any atom is -0.393 e. The molecule has 44 heavy (non-hydrogen) atoms. The van der Waals surface area contributed by atoms with E-state index in [2.05, 4.69) is 33.0 Å². The fourth-order valence-corrected chi connectivity index (χ4v) is 11.0. The number of aliphatic hydroxyl groups is 1. The van der Waals surface area contributed by atoms with Gasteiger partial charge in [0.25, 0.3) is 0 Å². The Morgan fingerprint density at radius 2 is 1.52 bits per heavy atom. The summed E-state index contributed by atoms with van der Waals surface area (Å²) >= 11 is 0. The molecular formula is C38H73N3O3. The minimum atomic E-state index is -0.199. The van der Waals surface area contributed by atoms with Gasteiger partial charge in [-0.05, 0) is 144 Å². The maximum atomic E-state index is 11.9. The lowest BCUT2D eigenvalue weighted by atomic mass is 9.43. The van der Waals surface area contributed by atoms with Crippen molar-refractivity contribution in [1.82, 2.24) is 5.32 Å². The van der Waals surface area contributed by atoms with Crippen molar-refractivity contribution in [1.29, 1.82) is 0 Å². The molecule has 0 aromatic heterocycles. The highest BCUT2D eigenvalue weighted by Crippen LogP contribution is 2.69. The summed E-state index contributed by atoms with van der Waals surface area (Å²) in [4.78, 5) is 0. The quantitative estimate of drug-likeness (QED) is 0.109. The Kier molecular flexibility index (Phi) is 14.8. The van der Waals surface area contributed by atoms with E-state index in [1.54, 1.807) is 0 Å². The average Bonchev–Trinajstić information content (AvgIpc) is 3.37. The average molecular weight is 620 g/mol. The molecule has 6 heteroatoms. The summed E-state index contributed by atoms with van der Waals surface area (Å²) in [5, 5.41) is 15.7. The van der Waals surface area contributed by atoms with E-state index in [0.29, 0.717) is 54.7 Å². The summed E-state index contributed by atoms with van der Waals surface area (Å²) in [7, 11) is 0. The lowest BCUT2D eigenvalue weighted by molar-refractivity contribution is -0.219. The number of ether oxygens (including phenoxy) is 2. The van der Waals surface area contributed by atoms with Crippen molar-refractivity contribution in [3.05, 3.63) is 0 Å². The highest BCUT2D eigenvalue weighted by molar-refractivity contribution is 5.15. The van der Waals surface area contributed by atoms with E-state index >= 15 is 0 Å². The molecule has 4 rings (SSSR count). The molecular weight excluding hydrogens is 546 g/mol. The van der Waals surface area contributed by atoms with Crippen LogP contribution in [0.5, 0.6) is 0 Å². The van der Waals surface area contributed by atoms with Crippen LogP contribution in [-0.2, 0) is 9.47 Å². The van der Waals surface area contributed by atoms with Crippen LogP contribution in [0.3, 0.4) is 0 Å². The Bertz CT molecular complexity index is 814. The normalized spacial score (nSPS) is 39.1. The smallest absolute Gasteiger partial charge is 0.0637 e. The van der Waals surface area contributed by atoms with Crippen molar-refractivity contribution >= 4 is 0 Å². The van der Waals surface area contributed by atoms with Gasteiger partial charge in [0.05, 0.1) is 18.3 Å². The SMILES string of the molecule is CCCCCCCCNCCC[C@@H](C)C1CC[C@H]2C3[C@H](O)CC4C[C@H](OCCCN)CCC4(C)[C@H]3C[C@H](OCCCN)C12C. The summed E-state index contributed by atoms with van der Waals surface area (Å²) in [5.74, 6) is 3.37. The summed E-state index contributed by atoms with van der Waals surface area (Å²) in [5.41, 5.74) is 12.1. The van der Waals surface area contributed by atoms with Crippen molar-refractivity contribution in [2.45, 2.75) is 155 Å². The lowest BCUT2D eigenvalue weighted by Crippen LogP contribution is -2.63. The number of rotatable bonds is 20. The number of hydrogen-bond donors (Lipinski definition) is 4. The number of nitrogens with two attached hydrogens (primary N) is 2. The zero-order chi connectivity index (χ0) is 31.6. The highest BCUT2D eigenvalue weighted by atomic mass is 16.5. The van der Waals surface area contributed by atoms with Crippen molar-refractivity contribution in [2.75, 3.05) is 39.4 Å². The molecule has 6 nitrogen and oxygen atoms in total. The minimum absolute atomic E-state index is 0.133. The van der Waals surface area contributed by atoms with E-state index in [4.69, 9.17) is 20.9 Å². The fourth-order valence-electron chi connectivity index (χ4n) is 11.0. The molecule has 4 fully saturated rings. The second kappa shape index (κ2) is 17.8. The summed E-state index contributed by atoms with van der Waals surface area (Å²) in [6.45, 7) is 15.2. The van der Waals surface area contributed by atoms with E-state index in [9.17, 15) is 5.11 Å². The van der Waals surface area contributed by atoms with Crippen molar-refractivity contribution in [3.63, 3.8) is 0 Å². The van der Waals surface area contributed by atoms with Gasteiger partial charge in [0.1, 0.15) is 0 Å². The number of hydrogen-bond acceptors (Lipinski definition) is 6. The second-order valence-corrected chi connectivity index (χ2v) is 16.1. The molecule has 4 saturated carbocycles. The summed E-state index contributed by atoms with van der Waals surface area (Å²) in [6, 6.07) is 0. The number of unbranched alkanes of at least 4 members (excludes halogenated alkanes) is 5. The standard InChI is InChI=1S/C38H73N3O3/c1-5-6-7-8-9-10-21-41-22-11-14-28(2)31-15-16-32-36-33(27-35(38(31,32)4)44-24-13-20-40)37(3)18-17-30(43-23-12-19-39)25-29(37)26-34(36)42/h28-36,41-42H,5-27,39-40H2,1-4H3/t28-,29?,30-,31?,32+,33+,34-,35+,36?,37?,38?/m1/s1. The monoisotopic (exact) mass is 620 g/mol. The Hall–Kier alpha value is -0.240. The molecule has 6 N–H and O–H groups in total. The van der Waals surface area contributed by atoms with Crippen LogP contribution in [0.4, 0.5) is 0 Å². The van der Waals surface area contributed by atoms with Crippen LogP contribution in [-0.4, -0.2) is 62.8 Å². The topological polar surface area (TPSA) is 103 Å². The van der Waals surface area contributed by atoms with Crippen LogP contribution < -0.4 is 16.8 Å². The molecule has 4 aliphatic carbocycles. The van der Waals surface area contributed by atoms with Gasteiger partial charge in [-0.2, -0.15) is 0 Å². The predicted octanol–water partition coefficient (Wildman–Crippen LogP) is 7.06. The molecule has 0 aliphatic heterocycles. The van der Waals surface area contributed by atoms with Crippen LogP contribution in [0.25, 0.3) is 0 Å². The molecule has 0 heterocycles. The maximum absolute atomic E-state index is 11.9. The molecule has 5 unspecified atom stereocenters. The van der Waals surface area contributed by atoms with Crippen LogP contribution in [0, 0.1) is 46.3 Å². The number of fused-ring (bicyclic) bond motifs is 5. The van der Waals surface area contributed by atoms with E-state index in [1.807, 2.05) is 0 Å². The molecule has 0 amide bonds. The van der Waals surface area contributed by atoms with Crippen LogP contribution in [0.2, 0.25) is 0 Å². The fraction of sp³-hybridized carbons (Fsp3) is 1.00. The van der Waals surface area contributed by atoms with Gasteiger partial charge in [-0.15, -0.1) is 0 Å². The first-order valence-corrected chi connectivity index (χ1v) is 19.3. The summed E-state index contributed by atoms with van der Waals surface area (Å²) in [6.07, 6.45) is 21.0. The van der Waals surface area contributed by atoms with E-state index < -0.39 is 0 Å². The van der Waals surface area contributed by atoms with Crippen molar-refractivity contribution in [3.8, 4) is 0 Å². The number of nitrogens with one attached hydrogen (secondary N) is 1. The second-order valence-electron chi connectivity index (χ2n) is 16.1. The van der Waals surface area contributed by atoms with Crippen molar-refractivity contribution < 1.29 is 14.6 Å². The zero-order valence-electron chi connectivity index (χ0n) is 29.4. The van der Waals surface area contributed by atoms with Crippen LogP contribution >= 0.6 is 0 Å². The first kappa shape index (κ1) is 36.6. The molecule has 0 spiro atoms. The Labute approximate surface area is 271 Å². The summed E-state index contributed by atoms with van der Waals surface area (Å²) < 4.78 is 13.2. The van der Waals surface area contributed by atoms with Gasteiger partial charge in [-0.1, -0.05) is 59.8 Å². The van der Waals surface area contributed by atoms with Crippen LogP contribution in [0.1, 0.15) is 137 Å². The van der Waals surface area contributed by atoms with E-state index in [0.717, 1.165) is 58.3 Å². The van der Waals surface area contributed by atoms with E-state index in [1.165, 1.54) is 77.2 Å². The Morgan fingerprint density at radius 1 is 0.818 bits per heavy atom. The Balaban J connectivity index is 1.39. The first-order valence-electron chi connectivity index (χ1n) is 19.3. The highest BCUT2D eigenvalue weighted by Gasteiger charge is 2.66. The lowest BCUT2D eigenvalue weighted by Gasteiger charge is -2.64. The van der Waals surface area contributed by atoms with Gasteiger partial charge in [0.2, 0.25) is 0 Å². The third-order valence-electron chi connectivity index (χ3n) is 13.6. The van der Waals surface area contributed by atoms with Gasteiger partial charge in [0, 0.05) is 18.6 Å². The van der Waals surface area contributed by atoms with E-state index in [-0.39, 0.29) is 23.0 Å². The van der Waals surface area contributed by atoms with Crippen LogP contribution in [0.15, 0.2) is 0 Å². The van der Waals surface area contributed by atoms with Gasteiger partial charge >= 0.3 is 0 Å². The molecule has 4 aliphatic rings. The van der Waals surface area contributed by atoms with Gasteiger partial charge in [0.15, 0.2) is 0 Å². The molecule has 0 aromatic rings. The Morgan fingerprint density at radius 3 is 2.27 bits per heavy atom. The van der Waals surface area contributed by atoms with Crippen molar-refractivity contribution in [2.24, 2.45) is 57.8 Å². The molecule has 11 atom stereocenters. The number of aliphatic hydroxyl groups excluding tert-OH is 1. The zero-order valence-corrected chi connectivity index (χ0v) is 29.4. The predicted molar refractivity (Wildman–Crippen MR) is 183 cm³/mol. The van der Waals surface area contributed by atoms with Gasteiger partial charge in [-0.3, -0.25) is 0 Å². The third kappa shape index (κ3) is 8.42. The molecule has 0 saturated heterocycles. The van der Waals surface area contributed by atoms with Gasteiger partial charge < -0.3 is 31.4 Å². The first-order chi connectivity index (χ1) is 21.3. The molecule has 0 radical (unpaired) electrons. The molecule has 0 bridgehead atoms. The molecule has 0 aromatic carbocycles. The largest absolute Gasteiger partial charge is 0.393 e. The third-order valence-corrected chi connectivity index (χ3v) is 13.6.